The molecule has 1 fully saturated rings. The summed E-state index contributed by atoms with van der Waals surface area (Å²) in [5.41, 5.74) is 0.407. The number of nitrogens with zero attached hydrogens (tertiary/aromatic N) is 3. The molecule has 0 bridgehead atoms. The van der Waals surface area contributed by atoms with Crippen molar-refractivity contribution in [2.24, 2.45) is 5.92 Å². The van der Waals surface area contributed by atoms with Gasteiger partial charge in [-0.15, -0.1) is 0 Å². The van der Waals surface area contributed by atoms with Gasteiger partial charge in [0, 0.05) is 18.5 Å². The molecule has 0 amide bonds. The molecule has 3 heterocycles. The van der Waals surface area contributed by atoms with Crippen LogP contribution in [0.3, 0.4) is 0 Å². The van der Waals surface area contributed by atoms with Crippen molar-refractivity contribution in [2.75, 3.05) is 6.54 Å². The Labute approximate surface area is 130 Å². The van der Waals surface area contributed by atoms with Crippen LogP contribution in [-0.4, -0.2) is 38.5 Å². The molecule has 0 radical (unpaired) electrons. The van der Waals surface area contributed by atoms with Crippen LogP contribution in [0.5, 0.6) is 5.88 Å². The Morgan fingerprint density at radius 3 is 2.95 bits per heavy atom. The summed E-state index contributed by atoms with van der Waals surface area (Å²) in [6.07, 6.45) is 0.667. The summed E-state index contributed by atoms with van der Waals surface area (Å²) >= 11 is 5.90. The minimum Gasteiger partial charge on any atom is -0.473 e. The van der Waals surface area contributed by atoms with Crippen LogP contribution >= 0.6 is 11.6 Å². The lowest BCUT2D eigenvalue weighted by Gasteiger charge is -2.20. The van der Waals surface area contributed by atoms with Crippen LogP contribution in [0, 0.1) is 5.92 Å². The Morgan fingerprint density at radius 2 is 2.32 bits per heavy atom. The van der Waals surface area contributed by atoms with Gasteiger partial charge in [-0.25, -0.2) is 4.98 Å². The first-order chi connectivity index (χ1) is 10.5. The number of pyridine rings is 1. The Hall–Kier alpha value is -1.51. The number of ether oxygens (including phenoxy) is 1. The molecule has 2 aromatic rings. The standard InChI is InChI=1S/C13H15ClF2N4O2/c1-6(7-2-10(21)17-4-7)22-12-11-8(3-9(14)19-12)18-5-20(11)13(15)16/h3,5-7,10,13,17,21H,2,4H2,1H3/t6-,7-,10?/m1/s1. The van der Waals surface area contributed by atoms with Crippen molar-refractivity contribution in [1.82, 2.24) is 19.9 Å². The van der Waals surface area contributed by atoms with E-state index in [0.29, 0.717) is 23.0 Å². The van der Waals surface area contributed by atoms with E-state index in [0.717, 1.165) is 6.33 Å². The van der Waals surface area contributed by atoms with Crippen molar-refractivity contribution in [1.29, 1.82) is 0 Å². The van der Waals surface area contributed by atoms with Gasteiger partial charge in [0.25, 0.3) is 0 Å². The summed E-state index contributed by atoms with van der Waals surface area (Å²) in [5, 5.41) is 12.5. The zero-order valence-corrected chi connectivity index (χ0v) is 12.5. The third-order valence-electron chi connectivity index (χ3n) is 3.80. The lowest BCUT2D eigenvalue weighted by atomic mass is 10.0. The molecule has 0 spiro atoms. The number of aliphatic hydroxyl groups is 1. The van der Waals surface area contributed by atoms with Crippen LogP contribution in [0.25, 0.3) is 11.0 Å². The van der Waals surface area contributed by atoms with Gasteiger partial charge in [0.2, 0.25) is 5.88 Å². The second kappa shape index (κ2) is 5.94. The Kier molecular flexibility index (Phi) is 4.16. The van der Waals surface area contributed by atoms with Gasteiger partial charge in [-0.3, -0.25) is 9.88 Å². The zero-order valence-electron chi connectivity index (χ0n) is 11.7. The molecule has 0 aliphatic carbocycles. The van der Waals surface area contributed by atoms with Crippen LogP contribution in [0.4, 0.5) is 8.78 Å². The topological polar surface area (TPSA) is 72.2 Å². The molecule has 3 atom stereocenters. The van der Waals surface area contributed by atoms with E-state index >= 15 is 0 Å². The minimum absolute atomic E-state index is 0.0224. The van der Waals surface area contributed by atoms with E-state index in [-0.39, 0.29) is 28.6 Å². The third kappa shape index (κ3) is 2.86. The summed E-state index contributed by atoms with van der Waals surface area (Å²) in [7, 11) is 0. The zero-order chi connectivity index (χ0) is 15.9. The second-order valence-corrected chi connectivity index (χ2v) is 5.68. The van der Waals surface area contributed by atoms with Gasteiger partial charge in [0.15, 0.2) is 0 Å². The molecule has 9 heteroatoms. The van der Waals surface area contributed by atoms with Gasteiger partial charge in [-0.05, 0) is 13.3 Å². The average molecular weight is 333 g/mol. The van der Waals surface area contributed by atoms with Gasteiger partial charge in [0.05, 0.1) is 5.52 Å². The number of rotatable bonds is 4. The molecule has 2 N–H and O–H groups in total. The number of hydrogen-bond donors (Lipinski definition) is 2. The van der Waals surface area contributed by atoms with Crippen LogP contribution in [-0.2, 0) is 0 Å². The maximum atomic E-state index is 13.1. The Balaban J connectivity index is 1.93. The SMILES string of the molecule is C[C@@H](Oc1nc(Cl)cc2ncn(C(F)F)c12)[C@H]1CNC(O)C1. The van der Waals surface area contributed by atoms with Gasteiger partial charge in [-0.2, -0.15) is 13.8 Å². The first-order valence-electron chi connectivity index (χ1n) is 6.85. The quantitative estimate of drug-likeness (QED) is 0.840. The molecule has 2 aromatic heterocycles. The fourth-order valence-corrected chi connectivity index (χ4v) is 2.78. The first kappa shape index (κ1) is 15.4. The highest BCUT2D eigenvalue weighted by Crippen LogP contribution is 2.31. The van der Waals surface area contributed by atoms with Crippen LogP contribution in [0.1, 0.15) is 19.9 Å². The lowest BCUT2D eigenvalue weighted by Crippen LogP contribution is -2.26. The first-order valence-corrected chi connectivity index (χ1v) is 7.23. The van der Waals surface area contributed by atoms with E-state index in [1.807, 2.05) is 6.92 Å². The van der Waals surface area contributed by atoms with Crippen molar-refractivity contribution in [3.05, 3.63) is 17.5 Å². The van der Waals surface area contributed by atoms with Gasteiger partial charge in [0.1, 0.15) is 29.3 Å². The average Bonchev–Trinajstić information content (AvgIpc) is 3.04. The summed E-state index contributed by atoms with van der Waals surface area (Å²) < 4.78 is 32.6. The highest BCUT2D eigenvalue weighted by molar-refractivity contribution is 6.30. The molecule has 6 nitrogen and oxygen atoms in total. The maximum absolute atomic E-state index is 13.1. The monoisotopic (exact) mass is 332 g/mol. The lowest BCUT2D eigenvalue weighted by molar-refractivity contribution is 0.0730. The Bertz CT molecular complexity index is 681. The maximum Gasteiger partial charge on any atom is 0.320 e. The van der Waals surface area contributed by atoms with Crippen LogP contribution in [0.15, 0.2) is 12.4 Å². The van der Waals surface area contributed by atoms with Crippen LogP contribution < -0.4 is 10.1 Å². The number of fused-ring (bicyclic) bond motifs is 1. The smallest absolute Gasteiger partial charge is 0.320 e. The molecule has 22 heavy (non-hydrogen) atoms. The second-order valence-electron chi connectivity index (χ2n) is 5.29. The van der Waals surface area contributed by atoms with Gasteiger partial charge >= 0.3 is 6.55 Å². The Morgan fingerprint density at radius 1 is 1.55 bits per heavy atom. The molecular weight excluding hydrogens is 318 g/mol. The molecular formula is C13H15ClF2N4O2. The van der Waals surface area contributed by atoms with E-state index in [4.69, 9.17) is 16.3 Å². The van der Waals surface area contributed by atoms with E-state index in [2.05, 4.69) is 15.3 Å². The van der Waals surface area contributed by atoms with E-state index < -0.39 is 12.8 Å². The highest BCUT2D eigenvalue weighted by atomic mass is 35.5. The number of nitrogens with one attached hydrogen (secondary N) is 1. The van der Waals surface area contributed by atoms with E-state index in [1.54, 1.807) is 0 Å². The molecule has 1 saturated heterocycles. The van der Waals surface area contributed by atoms with Crippen LogP contribution in [0.2, 0.25) is 5.15 Å². The van der Waals surface area contributed by atoms with Crippen molar-refractivity contribution < 1.29 is 18.6 Å². The van der Waals surface area contributed by atoms with E-state index in [1.165, 1.54) is 6.07 Å². The summed E-state index contributed by atoms with van der Waals surface area (Å²) in [4.78, 5) is 7.92. The largest absolute Gasteiger partial charge is 0.473 e. The highest BCUT2D eigenvalue weighted by Gasteiger charge is 2.29. The number of aliphatic hydroxyl groups excluding tert-OH is 1. The molecule has 0 saturated carbocycles. The fraction of sp³-hybridized carbons (Fsp3) is 0.538. The van der Waals surface area contributed by atoms with Gasteiger partial charge < -0.3 is 9.84 Å². The molecule has 1 aliphatic heterocycles. The van der Waals surface area contributed by atoms with Crippen molar-refractivity contribution in [3.63, 3.8) is 0 Å². The van der Waals surface area contributed by atoms with E-state index in [9.17, 15) is 13.9 Å². The molecule has 120 valence electrons. The molecule has 0 aromatic carbocycles. The minimum atomic E-state index is -2.75. The fourth-order valence-electron chi connectivity index (χ4n) is 2.60. The molecule has 3 rings (SSSR count). The number of imidazole rings is 1. The van der Waals surface area contributed by atoms with Crippen molar-refractivity contribution in [2.45, 2.75) is 32.2 Å². The summed E-state index contributed by atoms with van der Waals surface area (Å²) in [6, 6.07) is 1.41. The predicted octanol–water partition coefficient (Wildman–Crippen LogP) is 2.17. The normalized spacial score (nSPS) is 23.4. The summed E-state index contributed by atoms with van der Waals surface area (Å²) in [5.74, 6) is 0.0722. The number of aromatic nitrogens is 3. The van der Waals surface area contributed by atoms with Crippen molar-refractivity contribution >= 4 is 22.6 Å². The number of halogens is 3. The molecule has 1 unspecified atom stereocenters. The summed E-state index contributed by atoms with van der Waals surface area (Å²) in [6.45, 7) is -0.359. The molecule has 1 aliphatic rings. The third-order valence-corrected chi connectivity index (χ3v) is 4.00. The number of hydrogen-bond acceptors (Lipinski definition) is 5. The number of alkyl halides is 2. The van der Waals surface area contributed by atoms with Crippen molar-refractivity contribution in [3.8, 4) is 5.88 Å². The van der Waals surface area contributed by atoms with Gasteiger partial charge in [-0.1, -0.05) is 11.6 Å². The predicted molar refractivity (Wildman–Crippen MR) is 76.0 cm³/mol.